The fraction of sp³-hybridized carbons (Fsp3) is 0.333. The van der Waals surface area contributed by atoms with Crippen molar-refractivity contribution in [3.05, 3.63) is 39.3 Å². The highest BCUT2D eigenvalue weighted by Crippen LogP contribution is 2.21. The third-order valence-corrected chi connectivity index (χ3v) is 4.69. The van der Waals surface area contributed by atoms with E-state index < -0.39 is 16.9 Å². The van der Waals surface area contributed by atoms with Crippen molar-refractivity contribution in [2.75, 3.05) is 0 Å². The van der Waals surface area contributed by atoms with Gasteiger partial charge in [0.25, 0.3) is 0 Å². The summed E-state index contributed by atoms with van der Waals surface area (Å²) in [5.41, 5.74) is 0. The van der Waals surface area contributed by atoms with E-state index in [-0.39, 0.29) is 5.92 Å². The first-order valence-electron chi connectivity index (χ1n) is 5.03. The molecule has 0 saturated carbocycles. The zero-order valence-corrected chi connectivity index (χ0v) is 12.2. The molecule has 0 aliphatic rings. The molecule has 0 fully saturated rings. The number of aliphatic hydroxyl groups is 1. The average Bonchev–Trinajstić information content (AvgIpc) is 2.28. The van der Waals surface area contributed by atoms with Gasteiger partial charge in [-0.25, -0.2) is 4.21 Å². The van der Waals surface area contributed by atoms with Gasteiger partial charge in [0.1, 0.15) is 0 Å². The van der Waals surface area contributed by atoms with E-state index >= 15 is 0 Å². The summed E-state index contributed by atoms with van der Waals surface area (Å²) in [6.45, 7) is 3.87. The van der Waals surface area contributed by atoms with Crippen molar-refractivity contribution in [2.24, 2.45) is 5.92 Å². The largest absolute Gasteiger partial charge is 0.388 e. The Labute approximate surface area is 112 Å². The van der Waals surface area contributed by atoms with Gasteiger partial charge in [0.15, 0.2) is 0 Å². The second-order valence-corrected chi connectivity index (χ2v) is 6.35. The van der Waals surface area contributed by atoms with E-state index in [4.69, 9.17) is 0 Å². The molecule has 0 saturated heterocycles. The Morgan fingerprint density at radius 1 is 1.38 bits per heavy atom. The number of hydrogen-bond acceptors (Lipinski definition) is 2. The molecular formula is C12H15IO2S. The van der Waals surface area contributed by atoms with E-state index in [1.54, 1.807) is 5.41 Å². The number of rotatable bonds is 4. The lowest BCUT2D eigenvalue weighted by Crippen LogP contribution is -2.14. The molecule has 2 atom stereocenters. The highest BCUT2D eigenvalue weighted by molar-refractivity contribution is 14.1. The van der Waals surface area contributed by atoms with Gasteiger partial charge >= 0.3 is 0 Å². The zero-order valence-electron chi connectivity index (χ0n) is 9.26. The molecule has 0 aliphatic heterocycles. The quantitative estimate of drug-likeness (QED) is 0.848. The van der Waals surface area contributed by atoms with Crippen LogP contribution >= 0.6 is 22.6 Å². The van der Waals surface area contributed by atoms with Crippen LogP contribution in [0.1, 0.15) is 13.8 Å². The molecule has 1 rings (SSSR count). The van der Waals surface area contributed by atoms with Crippen LogP contribution in [0.2, 0.25) is 0 Å². The molecule has 1 aromatic rings. The van der Waals surface area contributed by atoms with Crippen LogP contribution in [0.3, 0.4) is 0 Å². The molecule has 0 heterocycles. The fourth-order valence-electron chi connectivity index (χ4n) is 1.11. The zero-order chi connectivity index (χ0) is 12.1. The third kappa shape index (κ3) is 3.99. The van der Waals surface area contributed by atoms with Crippen molar-refractivity contribution < 1.29 is 9.32 Å². The normalized spacial score (nSPS) is 16.2. The Morgan fingerprint density at radius 2 is 1.94 bits per heavy atom. The minimum atomic E-state index is -1.18. The van der Waals surface area contributed by atoms with Crippen molar-refractivity contribution in [3.63, 3.8) is 0 Å². The lowest BCUT2D eigenvalue weighted by Gasteiger charge is -2.13. The van der Waals surface area contributed by atoms with Crippen LogP contribution in [0, 0.1) is 5.92 Å². The smallest absolute Gasteiger partial charge is 0.0875 e. The molecule has 1 N–H and O–H groups in total. The molecular weight excluding hydrogens is 335 g/mol. The van der Waals surface area contributed by atoms with Crippen molar-refractivity contribution in [1.29, 1.82) is 0 Å². The monoisotopic (exact) mass is 350 g/mol. The summed E-state index contributed by atoms with van der Waals surface area (Å²) in [7, 11) is -1.18. The summed E-state index contributed by atoms with van der Waals surface area (Å²) in [5.74, 6) is 0.135. The summed E-state index contributed by atoms with van der Waals surface area (Å²) >= 11 is 2.04. The summed E-state index contributed by atoms with van der Waals surface area (Å²) in [6.07, 6.45) is -0.534. The Morgan fingerprint density at radius 3 is 2.44 bits per heavy atom. The lowest BCUT2D eigenvalue weighted by atomic mass is 10.1. The maximum absolute atomic E-state index is 11.9. The summed E-state index contributed by atoms with van der Waals surface area (Å²) in [5, 5.41) is 11.4. The average molecular weight is 350 g/mol. The SMILES string of the molecule is CC(C)C(O)/C(I)=C\S(=O)c1ccccc1. The first-order valence-corrected chi connectivity index (χ1v) is 7.32. The number of halogens is 1. The first kappa shape index (κ1) is 13.9. The number of benzene rings is 1. The predicted molar refractivity (Wildman–Crippen MR) is 75.8 cm³/mol. The molecule has 4 heteroatoms. The van der Waals surface area contributed by atoms with E-state index in [0.717, 1.165) is 8.48 Å². The van der Waals surface area contributed by atoms with Gasteiger partial charge in [0.2, 0.25) is 0 Å². The summed E-state index contributed by atoms with van der Waals surface area (Å²) in [4.78, 5) is 0.757. The molecule has 0 aromatic heterocycles. The molecule has 16 heavy (non-hydrogen) atoms. The number of hydrogen-bond donors (Lipinski definition) is 1. The minimum Gasteiger partial charge on any atom is -0.388 e. The second-order valence-electron chi connectivity index (χ2n) is 3.80. The maximum atomic E-state index is 11.9. The Bertz CT molecular complexity index is 387. The second kappa shape index (κ2) is 6.51. The molecule has 0 radical (unpaired) electrons. The van der Waals surface area contributed by atoms with Gasteiger partial charge in [-0.3, -0.25) is 0 Å². The first-order chi connectivity index (χ1) is 7.52. The molecule has 0 spiro atoms. The van der Waals surface area contributed by atoms with Gasteiger partial charge in [0, 0.05) is 13.9 Å². The van der Waals surface area contributed by atoms with E-state index in [1.807, 2.05) is 66.8 Å². The Balaban J connectivity index is 2.81. The minimum absolute atomic E-state index is 0.135. The highest BCUT2D eigenvalue weighted by atomic mass is 127. The van der Waals surface area contributed by atoms with Crippen molar-refractivity contribution in [1.82, 2.24) is 0 Å². The van der Waals surface area contributed by atoms with E-state index in [0.29, 0.717) is 0 Å². The van der Waals surface area contributed by atoms with E-state index in [1.165, 1.54) is 0 Å². The topological polar surface area (TPSA) is 37.3 Å². The van der Waals surface area contributed by atoms with Crippen LogP contribution in [-0.2, 0) is 10.8 Å². The molecule has 2 unspecified atom stereocenters. The molecule has 0 amide bonds. The predicted octanol–water partition coefficient (Wildman–Crippen LogP) is 3.09. The standard InChI is InChI=1S/C12H15IO2S/c1-9(2)12(14)11(13)8-16(15)10-6-4-3-5-7-10/h3-9,12,14H,1-2H3/b11-8+. The number of aliphatic hydroxyl groups excluding tert-OH is 1. The molecule has 1 aromatic carbocycles. The molecule has 0 bridgehead atoms. The van der Waals surface area contributed by atoms with Gasteiger partial charge in [-0.1, -0.05) is 32.0 Å². The fourth-order valence-corrected chi connectivity index (χ4v) is 3.43. The maximum Gasteiger partial charge on any atom is 0.0875 e. The Hall–Kier alpha value is -0.200. The van der Waals surface area contributed by atoms with Gasteiger partial charge in [-0.05, 0) is 40.6 Å². The van der Waals surface area contributed by atoms with Gasteiger partial charge in [0.05, 0.1) is 16.9 Å². The van der Waals surface area contributed by atoms with Crippen LogP contribution < -0.4 is 0 Å². The molecule has 0 aliphatic carbocycles. The van der Waals surface area contributed by atoms with E-state index in [9.17, 15) is 9.32 Å². The van der Waals surface area contributed by atoms with Crippen LogP contribution in [-0.4, -0.2) is 15.4 Å². The van der Waals surface area contributed by atoms with Crippen LogP contribution in [0.5, 0.6) is 0 Å². The summed E-state index contributed by atoms with van der Waals surface area (Å²) < 4.78 is 12.6. The van der Waals surface area contributed by atoms with Gasteiger partial charge < -0.3 is 5.11 Å². The molecule has 88 valence electrons. The van der Waals surface area contributed by atoms with Crippen molar-refractivity contribution in [2.45, 2.75) is 24.8 Å². The van der Waals surface area contributed by atoms with E-state index in [2.05, 4.69) is 0 Å². The van der Waals surface area contributed by atoms with Crippen LogP contribution in [0.4, 0.5) is 0 Å². The summed E-state index contributed by atoms with van der Waals surface area (Å²) in [6, 6.07) is 9.23. The molecule has 2 nitrogen and oxygen atoms in total. The van der Waals surface area contributed by atoms with Crippen LogP contribution in [0.25, 0.3) is 0 Å². The highest BCUT2D eigenvalue weighted by Gasteiger charge is 2.13. The Kier molecular flexibility index (Phi) is 5.64. The van der Waals surface area contributed by atoms with Crippen molar-refractivity contribution in [3.8, 4) is 0 Å². The third-order valence-electron chi connectivity index (χ3n) is 2.11. The lowest BCUT2D eigenvalue weighted by molar-refractivity contribution is 0.170. The van der Waals surface area contributed by atoms with Crippen molar-refractivity contribution >= 4 is 33.4 Å². The van der Waals surface area contributed by atoms with Crippen LogP contribution in [0.15, 0.2) is 44.2 Å². The van der Waals surface area contributed by atoms with Gasteiger partial charge in [-0.2, -0.15) is 0 Å². The van der Waals surface area contributed by atoms with Gasteiger partial charge in [-0.15, -0.1) is 0 Å².